The van der Waals surface area contributed by atoms with Crippen molar-refractivity contribution in [3.8, 4) is 5.69 Å². The minimum absolute atomic E-state index is 0.437. The first-order valence-corrected chi connectivity index (χ1v) is 5.35. The average Bonchev–Trinajstić information content (AvgIpc) is 2.76. The highest BCUT2D eigenvalue weighted by molar-refractivity contribution is 5.97. The summed E-state index contributed by atoms with van der Waals surface area (Å²) < 4.78 is 1.83. The lowest BCUT2D eigenvalue weighted by Gasteiger charge is -2.11. The molecule has 88 valence electrons. The van der Waals surface area contributed by atoms with Gasteiger partial charge in [0.05, 0.1) is 11.3 Å². The number of benzene rings is 1. The molecule has 0 bridgehead atoms. The van der Waals surface area contributed by atoms with Crippen molar-refractivity contribution in [3.05, 3.63) is 42.0 Å². The molecule has 0 aliphatic heterocycles. The van der Waals surface area contributed by atoms with Gasteiger partial charge in [-0.1, -0.05) is 6.92 Å². The monoisotopic (exact) mass is 230 g/mol. The van der Waals surface area contributed by atoms with Gasteiger partial charge in [-0.2, -0.15) is 0 Å². The molecule has 4 N–H and O–H groups in total. The highest BCUT2D eigenvalue weighted by Crippen LogP contribution is 2.19. The molecule has 0 fully saturated rings. The Hall–Kier alpha value is -2.30. The molecule has 0 aliphatic rings. The molecule has 0 spiro atoms. The van der Waals surface area contributed by atoms with Gasteiger partial charge in [0.1, 0.15) is 5.82 Å². The molecule has 5 nitrogen and oxygen atoms in total. The predicted molar refractivity (Wildman–Crippen MR) is 65.9 cm³/mol. The maximum absolute atomic E-state index is 11.4. The Balaban J connectivity index is 2.65. The third-order valence-electron chi connectivity index (χ3n) is 2.58. The second kappa shape index (κ2) is 4.29. The molecule has 2 aromatic rings. The van der Waals surface area contributed by atoms with E-state index in [0.717, 1.165) is 12.2 Å². The van der Waals surface area contributed by atoms with Crippen molar-refractivity contribution in [1.82, 2.24) is 9.55 Å². The lowest BCUT2D eigenvalue weighted by atomic mass is 10.1. The quantitative estimate of drug-likeness (QED) is 0.774. The molecular weight excluding hydrogens is 216 g/mol. The topological polar surface area (TPSA) is 86.9 Å². The van der Waals surface area contributed by atoms with Gasteiger partial charge in [-0.3, -0.25) is 4.79 Å². The Morgan fingerprint density at radius 3 is 2.88 bits per heavy atom. The van der Waals surface area contributed by atoms with Crippen LogP contribution < -0.4 is 11.5 Å². The number of nitrogens with two attached hydrogens (primary N) is 2. The SMILES string of the molecule is CCc1nccn1-c1cc(N)ccc1C(N)=O. The highest BCUT2D eigenvalue weighted by atomic mass is 16.1. The van der Waals surface area contributed by atoms with Crippen molar-refractivity contribution in [2.75, 3.05) is 5.73 Å². The normalized spacial score (nSPS) is 10.4. The van der Waals surface area contributed by atoms with E-state index in [1.54, 1.807) is 30.6 Å². The summed E-state index contributed by atoms with van der Waals surface area (Å²) in [6.07, 6.45) is 4.24. The Bertz CT molecular complexity index is 559. The van der Waals surface area contributed by atoms with Crippen LogP contribution in [0.1, 0.15) is 23.1 Å². The van der Waals surface area contributed by atoms with E-state index in [1.807, 2.05) is 11.5 Å². The summed E-state index contributed by atoms with van der Waals surface area (Å²) >= 11 is 0. The summed E-state index contributed by atoms with van der Waals surface area (Å²) in [7, 11) is 0. The summed E-state index contributed by atoms with van der Waals surface area (Å²) in [4.78, 5) is 15.6. The second-order valence-electron chi connectivity index (χ2n) is 3.71. The van der Waals surface area contributed by atoms with Gasteiger partial charge in [-0.15, -0.1) is 0 Å². The van der Waals surface area contributed by atoms with Gasteiger partial charge in [0, 0.05) is 24.5 Å². The van der Waals surface area contributed by atoms with Gasteiger partial charge >= 0.3 is 0 Å². The fourth-order valence-corrected chi connectivity index (χ4v) is 1.77. The zero-order valence-corrected chi connectivity index (χ0v) is 9.55. The summed E-state index contributed by atoms with van der Waals surface area (Å²) in [5.74, 6) is 0.383. The van der Waals surface area contributed by atoms with Crippen LogP contribution in [0, 0.1) is 0 Å². The fourth-order valence-electron chi connectivity index (χ4n) is 1.77. The van der Waals surface area contributed by atoms with Crippen molar-refractivity contribution < 1.29 is 4.79 Å². The van der Waals surface area contributed by atoms with Crippen LogP contribution in [-0.2, 0) is 6.42 Å². The molecule has 0 radical (unpaired) electrons. The molecule has 17 heavy (non-hydrogen) atoms. The van der Waals surface area contributed by atoms with Gasteiger partial charge in [0.25, 0.3) is 5.91 Å². The van der Waals surface area contributed by atoms with Crippen LogP contribution in [-0.4, -0.2) is 15.5 Å². The van der Waals surface area contributed by atoms with Gasteiger partial charge in [-0.25, -0.2) is 4.98 Å². The number of nitrogen functional groups attached to an aromatic ring is 1. The number of imidazole rings is 1. The van der Waals surface area contributed by atoms with Crippen molar-refractivity contribution in [2.24, 2.45) is 5.73 Å². The first-order chi connectivity index (χ1) is 8.13. The molecule has 1 heterocycles. The van der Waals surface area contributed by atoms with E-state index in [-0.39, 0.29) is 0 Å². The van der Waals surface area contributed by atoms with Crippen LogP contribution in [0.3, 0.4) is 0 Å². The van der Waals surface area contributed by atoms with Crippen LogP contribution >= 0.6 is 0 Å². The summed E-state index contributed by atoms with van der Waals surface area (Å²) in [6.45, 7) is 2.00. The number of nitrogens with zero attached hydrogens (tertiary/aromatic N) is 2. The molecule has 1 amide bonds. The zero-order valence-electron chi connectivity index (χ0n) is 9.55. The van der Waals surface area contributed by atoms with Gasteiger partial charge < -0.3 is 16.0 Å². The lowest BCUT2D eigenvalue weighted by Crippen LogP contribution is -2.15. The van der Waals surface area contributed by atoms with E-state index in [0.29, 0.717) is 16.9 Å². The summed E-state index contributed by atoms with van der Waals surface area (Å²) in [5.41, 5.74) is 12.8. The Morgan fingerprint density at radius 2 is 2.24 bits per heavy atom. The number of carbonyl (C=O) groups is 1. The highest BCUT2D eigenvalue weighted by Gasteiger charge is 2.12. The zero-order chi connectivity index (χ0) is 12.4. The predicted octanol–water partition coefficient (Wildman–Crippen LogP) is 1.12. The number of hydrogen-bond acceptors (Lipinski definition) is 3. The average molecular weight is 230 g/mol. The summed E-state index contributed by atoms with van der Waals surface area (Å²) in [6, 6.07) is 5.01. The molecule has 0 aliphatic carbocycles. The minimum Gasteiger partial charge on any atom is -0.399 e. The van der Waals surface area contributed by atoms with E-state index in [9.17, 15) is 4.79 Å². The molecule has 1 aromatic heterocycles. The van der Waals surface area contributed by atoms with Crippen LogP contribution in [0.15, 0.2) is 30.6 Å². The number of primary amides is 1. The number of anilines is 1. The van der Waals surface area contributed by atoms with Crippen LogP contribution in [0.25, 0.3) is 5.69 Å². The number of hydrogen-bond donors (Lipinski definition) is 2. The van der Waals surface area contributed by atoms with Crippen molar-refractivity contribution in [2.45, 2.75) is 13.3 Å². The first kappa shape index (κ1) is 11.2. The Kier molecular flexibility index (Phi) is 2.82. The third-order valence-corrected chi connectivity index (χ3v) is 2.58. The maximum atomic E-state index is 11.4. The van der Waals surface area contributed by atoms with Gasteiger partial charge in [-0.05, 0) is 18.2 Å². The van der Waals surface area contributed by atoms with Crippen LogP contribution in [0.4, 0.5) is 5.69 Å². The number of aromatic nitrogens is 2. The molecule has 5 heteroatoms. The fraction of sp³-hybridized carbons (Fsp3) is 0.167. The molecule has 0 saturated heterocycles. The Morgan fingerprint density at radius 1 is 1.47 bits per heavy atom. The molecule has 0 saturated carbocycles. The molecule has 1 aromatic carbocycles. The number of carbonyl (C=O) groups excluding carboxylic acids is 1. The summed E-state index contributed by atoms with van der Waals surface area (Å²) in [5, 5.41) is 0. The largest absolute Gasteiger partial charge is 0.399 e. The van der Waals surface area contributed by atoms with Crippen molar-refractivity contribution in [1.29, 1.82) is 0 Å². The van der Waals surface area contributed by atoms with E-state index in [1.165, 1.54) is 0 Å². The van der Waals surface area contributed by atoms with E-state index in [4.69, 9.17) is 11.5 Å². The second-order valence-corrected chi connectivity index (χ2v) is 3.71. The number of aryl methyl sites for hydroxylation is 1. The van der Waals surface area contributed by atoms with Crippen molar-refractivity contribution in [3.63, 3.8) is 0 Å². The number of rotatable bonds is 3. The van der Waals surface area contributed by atoms with Crippen LogP contribution in [0.5, 0.6) is 0 Å². The van der Waals surface area contributed by atoms with Gasteiger partial charge in [0.15, 0.2) is 0 Å². The van der Waals surface area contributed by atoms with E-state index >= 15 is 0 Å². The lowest BCUT2D eigenvalue weighted by molar-refractivity contribution is 0.100. The first-order valence-electron chi connectivity index (χ1n) is 5.35. The van der Waals surface area contributed by atoms with Crippen molar-refractivity contribution >= 4 is 11.6 Å². The third kappa shape index (κ3) is 1.99. The standard InChI is InChI=1S/C12H14N4O/c1-2-11-15-5-6-16(11)10-7-8(13)3-4-9(10)12(14)17/h3-7H,2,13H2,1H3,(H2,14,17). The maximum Gasteiger partial charge on any atom is 0.250 e. The number of amides is 1. The van der Waals surface area contributed by atoms with Gasteiger partial charge in [0.2, 0.25) is 0 Å². The van der Waals surface area contributed by atoms with E-state index in [2.05, 4.69) is 4.98 Å². The molecule has 0 atom stereocenters. The minimum atomic E-state index is -0.476. The molecular formula is C12H14N4O. The van der Waals surface area contributed by atoms with E-state index < -0.39 is 5.91 Å². The molecule has 0 unspecified atom stereocenters. The van der Waals surface area contributed by atoms with Crippen LogP contribution in [0.2, 0.25) is 0 Å². The Labute approximate surface area is 99.1 Å². The molecule has 2 rings (SSSR count). The smallest absolute Gasteiger partial charge is 0.250 e.